The Bertz CT molecular complexity index is 967. The fourth-order valence-corrected chi connectivity index (χ4v) is 3.36. The molecule has 4 rings (SSSR count). The molecule has 0 radical (unpaired) electrons. The van der Waals surface area contributed by atoms with Crippen molar-refractivity contribution in [1.82, 2.24) is 10.2 Å². The number of aromatic nitrogens is 2. The van der Waals surface area contributed by atoms with E-state index in [1.807, 2.05) is 18.2 Å². The van der Waals surface area contributed by atoms with E-state index in [4.69, 9.17) is 4.74 Å². The molecule has 0 aliphatic carbocycles. The third kappa shape index (κ3) is 4.45. The van der Waals surface area contributed by atoms with Gasteiger partial charge in [-0.25, -0.2) is 0 Å². The molecule has 1 aliphatic heterocycles. The van der Waals surface area contributed by atoms with Gasteiger partial charge in [-0.3, -0.25) is 4.79 Å². The summed E-state index contributed by atoms with van der Waals surface area (Å²) in [7, 11) is 1.53. The Balaban J connectivity index is 1.38. The summed E-state index contributed by atoms with van der Waals surface area (Å²) in [5.74, 6) is 1.19. The molecule has 1 aromatic heterocycles. The molecule has 2 aromatic carbocycles. The number of hydrogen-bond acceptors (Lipinski definition) is 6. The molecule has 0 unspecified atom stereocenters. The second-order valence-corrected chi connectivity index (χ2v) is 6.82. The monoisotopic (exact) mass is 389 g/mol. The number of anilines is 4. The lowest BCUT2D eigenvalue weighted by molar-refractivity contribution is 0.102. The van der Waals surface area contributed by atoms with E-state index in [1.165, 1.54) is 25.6 Å². The molecule has 1 amide bonds. The van der Waals surface area contributed by atoms with Crippen LogP contribution in [0.4, 0.5) is 23.0 Å². The summed E-state index contributed by atoms with van der Waals surface area (Å²) in [4.78, 5) is 14.8. The molecule has 3 aromatic rings. The van der Waals surface area contributed by atoms with Gasteiger partial charge in [-0.05, 0) is 61.4 Å². The Morgan fingerprint density at radius 1 is 0.931 bits per heavy atom. The summed E-state index contributed by atoms with van der Waals surface area (Å²) in [6.07, 6.45) is 2.52. The lowest BCUT2D eigenvalue weighted by Crippen LogP contribution is -2.17. The minimum Gasteiger partial charge on any atom is -0.496 e. The molecule has 0 saturated carbocycles. The molecule has 1 fully saturated rings. The molecular weight excluding hydrogens is 366 g/mol. The van der Waals surface area contributed by atoms with Gasteiger partial charge < -0.3 is 20.3 Å². The van der Waals surface area contributed by atoms with E-state index < -0.39 is 0 Å². The number of carbonyl (C=O) groups excluding carboxylic acids is 1. The van der Waals surface area contributed by atoms with Gasteiger partial charge in [0.2, 0.25) is 0 Å². The van der Waals surface area contributed by atoms with Crippen molar-refractivity contribution < 1.29 is 9.53 Å². The molecule has 29 heavy (non-hydrogen) atoms. The summed E-state index contributed by atoms with van der Waals surface area (Å²) in [6, 6.07) is 18.8. The molecule has 0 spiro atoms. The van der Waals surface area contributed by atoms with Crippen molar-refractivity contribution >= 4 is 28.9 Å². The first-order valence-corrected chi connectivity index (χ1v) is 9.63. The Labute approximate surface area is 169 Å². The van der Waals surface area contributed by atoms with E-state index in [-0.39, 0.29) is 5.91 Å². The smallest absolute Gasteiger partial charge is 0.260 e. The van der Waals surface area contributed by atoms with E-state index in [9.17, 15) is 4.79 Å². The van der Waals surface area contributed by atoms with Gasteiger partial charge in [0.05, 0.1) is 12.7 Å². The van der Waals surface area contributed by atoms with E-state index in [2.05, 4.69) is 37.9 Å². The molecule has 7 nitrogen and oxygen atoms in total. The number of nitrogens with zero attached hydrogens (tertiary/aromatic N) is 3. The van der Waals surface area contributed by atoms with Gasteiger partial charge in [0.25, 0.3) is 5.91 Å². The number of methoxy groups -OCH3 is 1. The molecule has 148 valence electrons. The zero-order valence-corrected chi connectivity index (χ0v) is 16.3. The summed E-state index contributed by atoms with van der Waals surface area (Å²) >= 11 is 0. The minimum absolute atomic E-state index is 0.296. The van der Waals surface area contributed by atoms with Crippen molar-refractivity contribution in [2.75, 3.05) is 35.7 Å². The molecule has 0 bridgehead atoms. The van der Waals surface area contributed by atoms with Gasteiger partial charge in [0.15, 0.2) is 11.6 Å². The molecule has 1 saturated heterocycles. The SMILES string of the molecule is COc1ccccc1C(=O)Nc1ccc(Nc2ccc(N3CCCC3)cc2)nn1. The Kier molecular flexibility index (Phi) is 5.56. The van der Waals surface area contributed by atoms with Crippen LogP contribution in [0.15, 0.2) is 60.7 Å². The van der Waals surface area contributed by atoms with Gasteiger partial charge in [-0.1, -0.05) is 12.1 Å². The van der Waals surface area contributed by atoms with Crippen LogP contribution in [0.1, 0.15) is 23.2 Å². The van der Waals surface area contributed by atoms with Crippen LogP contribution < -0.4 is 20.3 Å². The Morgan fingerprint density at radius 3 is 2.31 bits per heavy atom. The van der Waals surface area contributed by atoms with E-state index in [1.54, 1.807) is 30.3 Å². The normalized spacial score (nSPS) is 13.2. The number of benzene rings is 2. The van der Waals surface area contributed by atoms with Crippen molar-refractivity contribution in [2.24, 2.45) is 0 Å². The number of para-hydroxylation sites is 1. The summed E-state index contributed by atoms with van der Waals surface area (Å²) < 4.78 is 5.22. The van der Waals surface area contributed by atoms with Crippen molar-refractivity contribution in [3.63, 3.8) is 0 Å². The van der Waals surface area contributed by atoms with Crippen molar-refractivity contribution in [3.8, 4) is 5.75 Å². The van der Waals surface area contributed by atoms with Gasteiger partial charge >= 0.3 is 0 Å². The van der Waals surface area contributed by atoms with Crippen LogP contribution in [-0.2, 0) is 0 Å². The van der Waals surface area contributed by atoms with Gasteiger partial charge in [0, 0.05) is 24.5 Å². The van der Waals surface area contributed by atoms with Gasteiger partial charge in [-0.2, -0.15) is 0 Å². The van der Waals surface area contributed by atoms with Gasteiger partial charge in [-0.15, -0.1) is 10.2 Å². The zero-order chi connectivity index (χ0) is 20.1. The second kappa shape index (κ2) is 8.60. The molecule has 7 heteroatoms. The molecule has 1 aliphatic rings. The van der Waals surface area contributed by atoms with Crippen molar-refractivity contribution in [1.29, 1.82) is 0 Å². The first-order valence-electron chi connectivity index (χ1n) is 9.63. The Hall–Kier alpha value is -3.61. The van der Waals surface area contributed by atoms with Crippen molar-refractivity contribution in [3.05, 3.63) is 66.2 Å². The number of amides is 1. The highest BCUT2D eigenvalue weighted by Gasteiger charge is 2.13. The third-order valence-corrected chi connectivity index (χ3v) is 4.87. The van der Waals surface area contributed by atoms with Crippen LogP contribution in [0, 0.1) is 0 Å². The summed E-state index contributed by atoms with van der Waals surface area (Å²) in [6.45, 7) is 2.25. The predicted molar refractivity (Wildman–Crippen MR) is 114 cm³/mol. The maximum absolute atomic E-state index is 12.4. The van der Waals surface area contributed by atoms with Crippen molar-refractivity contribution in [2.45, 2.75) is 12.8 Å². The van der Waals surface area contributed by atoms with Crippen LogP contribution in [0.2, 0.25) is 0 Å². The average molecular weight is 389 g/mol. The first kappa shape index (κ1) is 18.7. The molecule has 2 N–H and O–H groups in total. The third-order valence-electron chi connectivity index (χ3n) is 4.87. The highest BCUT2D eigenvalue weighted by molar-refractivity contribution is 6.05. The predicted octanol–water partition coefficient (Wildman–Crippen LogP) is 4.08. The Morgan fingerprint density at radius 2 is 1.62 bits per heavy atom. The summed E-state index contributed by atoms with van der Waals surface area (Å²) in [5, 5.41) is 14.2. The maximum Gasteiger partial charge on any atom is 0.260 e. The average Bonchev–Trinajstić information content (AvgIpc) is 3.30. The minimum atomic E-state index is -0.296. The number of rotatable bonds is 6. The fourth-order valence-electron chi connectivity index (χ4n) is 3.36. The fraction of sp³-hybridized carbons (Fsp3) is 0.227. The maximum atomic E-state index is 12.4. The first-order chi connectivity index (χ1) is 14.2. The lowest BCUT2D eigenvalue weighted by atomic mass is 10.2. The van der Waals surface area contributed by atoms with E-state index in [0.29, 0.717) is 22.9 Å². The number of nitrogens with one attached hydrogen (secondary N) is 2. The van der Waals surface area contributed by atoms with E-state index >= 15 is 0 Å². The highest BCUT2D eigenvalue weighted by atomic mass is 16.5. The largest absolute Gasteiger partial charge is 0.496 e. The standard InChI is InChI=1S/C22H23N5O2/c1-29-19-7-3-2-6-18(19)22(28)24-21-13-12-20(25-26-21)23-16-8-10-17(11-9-16)27-14-4-5-15-27/h2-3,6-13H,4-5,14-15H2,1H3,(H,23,25)(H,24,26,28). The zero-order valence-electron chi connectivity index (χ0n) is 16.3. The molecule has 0 atom stereocenters. The topological polar surface area (TPSA) is 79.4 Å². The van der Waals surface area contributed by atoms with Crippen LogP contribution in [0.25, 0.3) is 0 Å². The van der Waals surface area contributed by atoms with Crippen LogP contribution in [-0.4, -0.2) is 36.3 Å². The van der Waals surface area contributed by atoms with Crippen LogP contribution >= 0.6 is 0 Å². The van der Waals surface area contributed by atoms with E-state index in [0.717, 1.165) is 18.8 Å². The second-order valence-electron chi connectivity index (χ2n) is 6.82. The highest BCUT2D eigenvalue weighted by Crippen LogP contribution is 2.24. The number of ether oxygens (including phenoxy) is 1. The molecule has 2 heterocycles. The summed E-state index contributed by atoms with van der Waals surface area (Å²) in [5.41, 5.74) is 2.62. The quantitative estimate of drug-likeness (QED) is 0.661. The molecular formula is C22H23N5O2. The number of hydrogen-bond donors (Lipinski definition) is 2. The number of carbonyl (C=O) groups is 1. The lowest BCUT2D eigenvalue weighted by Gasteiger charge is -2.17. The van der Waals surface area contributed by atoms with Crippen LogP contribution in [0.5, 0.6) is 5.75 Å². The van der Waals surface area contributed by atoms with Gasteiger partial charge in [0.1, 0.15) is 5.75 Å². The van der Waals surface area contributed by atoms with Crippen LogP contribution in [0.3, 0.4) is 0 Å².